The highest BCUT2D eigenvalue weighted by atomic mass is 32.1. The Morgan fingerprint density at radius 3 is 1.49 bits per heavy atom. The molecule has 2 aromatic carbocycles. The molecule has 0 unspecified atom stereocenters. The van der Waals surface area contributed by atoms with Gasteiger partial charge in [-0.05, 0) is 42.4 Å². The fourth-order valence-corrected chi connectivity index (χ4v) is 8.64. The van der Waals surface area contributed by atoms with Crippen molar-refractivity contribution in [2.45, 2.75) is 69.0 Å². The molecular weight excluding hydrogens is 1140 g/mol. The summed E-state index contributed by atoms with van der Waals surface area (Å²) in [6.45, 7) is 0.703. The summed E-state index contributed by atoms with van der Waals surface area (Å²) in [5.74, 6) is -12.4. The molecule has 0 bridgehead atoms. The lowest BCUT2D eigenvalue weighted by Crippen LogP contribution is -2.60. The third-order valence-electron chi connectivity index (χ3n) is 12.9. The first kappa shape index (κ1) is 68.8. The van der Waals surface area contributed by atoms with E-state index in [4.69, 9.17) is 12.2 Å². The zero-order valence-corrected chi connectivity index (χ0v) is 47.1. The Labute approximate surface area is 492 Å². The normalized spacial score (nSPS) is 15.9. The Morgan fingerprint density at radius 2 is 1.01 bits per heavy atom. The second kappa shape index (κ2) is 35.4. The number of imidazole rings is 1. The van der Waals surface area contributed by atoms with E-state index in [1.54, 1.807) is 69.3 Å². The van der Waals surface area contributed by atoms with Crippen LogP contribution in [0.2, 0.25) is 0 Å². The number of carboxylic acid groups (broad SMARTS) is 5. The molecule has 0 saturated carbocycles. The van der Waals surface area contributed by atoms with E-state index in [2.05, 4.69) is 52.5 Å². The highest BCUT2D eigenvalue weighted by Crippen LogP contribution is 2.13. The maximum Gasteiger partial charge on any atom is 0.328 e. The van der Waals surface area contributed by atoms with Crippen LogP contribution in [0.4, 0.5) is 5.69 Å². The largest absolute Gasteiger partial charge is 0.481 e. The number of hydrogen-bond donors (Lipinski definition) is 16. The number of amides is 6. The van der Waals surface area contributed by atoms with Gasteiger partial charge >= 0.3 is 29.8 Å². The number of carbonyl (C=O) groups is 11. The first-order chi connectivity index (χ1) is 40.4. The summed E-state index contributed by atoms with van der Waals surface area (Å²) in [6, 6.07) is 5.42. The van der Waals surface area contributed by atoms with Crippen molar-refractivity contribution in [1.82, 2.24) is 66.8 Å². The number of aliphatic hydroxyl groups is 2. The molecule has 3 aromatic rings. The van der Waals surface area contributed by atoms with Crippen LogP contribution in [0, 0.1) is 0 Å². The zero-order valence-electron chi connectivity index (χ0n) is 46.3. The topological polar surface area (TPSA) is 467 Å². The Kier molecular flexibility index (Phi) is 28.7. The summed E-state index contributed by atoms with van der Waals surface area (Å²) in [6.07, 6.45) is 1.23. The van der Waals surface area contributed by atoms with Gasteiger partial charge in [-0.3, -0.25) is 67.5 Å². The molecule has 33 heteroatoms. The molecule has 1 aliphatic heterocycles. The average Bonchev–Trinajstić information content (AvgIpc) is 4.16. The van der Waals surface area contributed by atoms with Crippen molar-refractivity contribution >= 4 is 88.3 Å². The molecule has 85 heavy (non-hydrogen) atoms. The molecule has 2 heterocycles. The van der Waals surface area contributed by atoms with Gasteiger partial charge in [-0.1, -0.05) is 42.5 Å². The minimum atomic E-state index is -1.76. The third kappa shape index (κ3) is 25.8. The van der Waals surface area contributed by atoms with Crippen LogP contribution in [0.3, 0.4) is 0 Å². The fourth-order valence-electron chi connectivity index (χ4n) is 8.45. The molecule has 1 saturated heterocycles. The van der Waals surface area contributed by atoms with Gasteiger partial charge in [0.05, 0.1) is 57.8 Å². The molecule has 0 radical (unpaired) electrons. The van der Waals surface area contributed by atoms with Crippen LogP contribution in [0.5, 0.6) is 0 Å². The van der Waals surface area contributed by atoms with Crippen molar-refractivity contribution in [2.75, 3.05) is 97.1 Å². The van der Waals surface area contributed by atoms with Crippen molar-refractivity contribution in [3.63, 3.8) is 0 Å². The molecule has 6 atom stereocenters. The minimum absolute atomic E-state index is 0.0431. The molecule has 16 N–H and O–H groups in total. The average molecular weight is 1210 g/mol. The number of aromatic nitrogens is 2. The molecule has 0 spiro atoms. The molecular formula is C52H72N14O18S. The molecule has 464 valence electrons. The molecule has 0 aliphatic carbocycles. The van der Waals surface area contributed by atoms with Gasteiger partial charge in [-0.2, -0.15) is 0 Å². The van der Waals surface area contributed by atoms with Crippen LogP contribution in [0.15, 0.2) is 67.1 Å². The lowest BCUT2D eigenvalue weighted by atomic mass is 10.0. The number of thiocarbonyl (C=S) groups is 1. The number of nitrogens with one attached hydrogen (secondary N) is 9. The zero-order chi connectivity index (χ0) is 62.6. The number of rotatable bonds is 31. The van der Waals surface area contributed by atoms with E-state index in [1.807, 2.05) is 4.90 Å². The van der Waals surface area contributed by atoms with Gasteiger partial charge in [0.1, 0.15) is 36.3 Å². The van der Waals surface area contributed by atoms with Gasteiger partial charge in [0.15, 0.2) is 5.11 Å². The van der Waals surface area contributed by atoms with Gasteiger partial charge in [0, 0.05) is 83.6 Å². The first-order valence-corrected chi connectivity index (χ1v) is 27.0. The van der Waals surface area contributed by atoms with E-state index in [9.17, 15) is 88.5 Å². The van der Waals surface area contributed by atoms with Crippen LogP contribution in [-0.4, -0.2) is 264 Å². The van der Waals surface area contributed by atoms with Crippen molar-refractivity contribution in [3.8, 4) is 0 Å². The Bertz CT molecular complexity index is 2730. The Balaban J connectivity index is 1.34. The number of nitrogens with zero attached hydrogens (tertiary/aromatic N) is 5. The summed E-state index contributed by atoms with van der Waals surface area (Å²) in [5.41, 5.74) is 2.08. The second-order valence-electron chi connectivity index (χ2n) is 19.6. The van der Waals surface area contributed by atoms with Crippen molar-refractivity contribution < 1.29 is 88.5 Å². The van der Waals surface area contributed by atoms with E-state index < -0.39 is 128 Å². The van der Waals surface area contributed by atoms with Crippen molar-refractivity contribution in [2.24, 2.45) is 0 Å². The summed E-state index contributed by atoms with van der Waals surface area (Å²) in [7, 11) is 0. The summed E-state index contributed by atoms with van der Waals surface area (Å²) < 4.78 is 0. The van der Waals surface area contributed by atoms with Crippen LogP contribution >= 0.6 is 12.2 Å². The number of H-pyrrole nitrogens is 1. The second-order valence-corrected chi connectivity index (χ2v) is 20.0. The number of hydrogen-bond acceptors (Lipinski definition) is 19. The monoisotopic (exact) mass is 1210 g/mol. The lowest BCUT2D eigenvalue weighted by molar-refractivity contribution is -0.143. The quantitative estimate of drug-likeness (QED) is 0.0267. The molecule has 1 aromatic heterocycles. The van der Waals surface area contributed by atoms with Crippen molar-refractivity contribution in [3.05, 3.63) is 83.9 Å². The van der Waals surface area contributed by atoms with Crippen LogP contribution < -0.4 is 42.5 Å². The number of benzene rings is 2. The minimum Gasteiger partial charge on any atom is -0.481 e. The number of aliphatic hydroxyl groups excluding tert-OH is 2. The van der Waals surface area contributed by atoms with E-state index >= 15 is 0 Å². The first-order valence-electron chi connectivity index (χ1n) is 26.6. The van der Waals surface area contributed by atoms with Gasteiger partial charge < -0.3 is 83.3 Å². The molecule has 6 amide bonds. The van der Waals surface area contributed by atoms with Gasteiger partial charge in [0.2, 0.25) is 35.4 Å². The predicted molar refractivity (Wildman–Crippen MR) is 302 cm³/mol. The van der Waals surface area contributed by atoms with Crippen LogP contribution in [0.25, 0.3) is 0 Å². The summed E-state index contributed by atoms with van der Waals surface area (Å²) in [4.78, 5) is 153. The Hall–Kier alpha value is -8.73. The summed E-state index contributed by atoms with van der Waals surface area (Å²) >= 11 is 5.37. The summed E-state index contributed by atoms with van der Waals surface area (Å²) in [5, 5.41) is 86.6. The number of anilines is 1. The van der Waals surface area contributed by atoms with E-state index in [0.29, 0.717) is 44.0 Å². The standard InChI is InChI=1S/C52H72N14O18S/c1-31(46(78)59-37(20-35-22-53-30-55-35)49(81)61-39(28-67)50(82)60-36(19-32-5-3-2-4-6-32)48(80)62-40(29-68)51(83)84)56-47(79)38(21-42(70)71)58-41(69)23-54-52(85)57-34-9-7-33(8-10-34)24-63-11-13-64(25-43(72)73)15-17-66(27-45(76)77)18-16-65(14-12-63)26-44(74)75/h2-10,22,30-31,36-40,67-68H,11-21,23-29H2,1H3,(H,53,55)(H,56,79)(H,58,69)(H,59,78)(H,60,82)(H,61,81)(H,62,80)(H,70,71)(H,72,73)(H,74,75)(H,76,77)(H,83,84)(H2,54,57,85)/t31-,36-,37-,38-,39-,40-/m0/s1. The Morgan fingerprint density at radius 1 is 0.541 bits per heavy atom. The number of aliphatic carboxylic acids is 5. The predicted octanol–water partition coefficient (Wildman–Crippen LogP) is -5.37. The number of aromatic amines is 1. The third-order valence-corrected chi connectivity index (χ3v) is 13.2. The highest BCUT2D eigenvalue weighted by molar-refractivity contribution is 7.80. The molecule has 1 aliphatic rings. The van der Waals surface area contributed by atoms with Crippen LogP contribution in [-0.2, 0) is 72.1 Å². The maximum absolute atomic E-state index is 13.8. The molecule has 32 nitrogen and oxygen atoms in total. The molecule has 4 rings (SSSR count). The van der Waals surface area contributed by atoms with Crippen LogP contribution in [0.1, 0.15) is 30.2 Å². The van der Waals surface area contributed by atoms with Gasteiger partial charge in [0.25, 0.3) is 0 Å². The van der Waals surface area contributed by atoms with Crippen molar-refractivity contribution in [1.29, 1.82) is 0 Å². The van der Waals surface area contributed by atoms with E-state index in [-0.39, 0.29) is 69.5 Å². The van der Waals surface area contributed by atoms with Gasteiger partial charge in [-0.25, -0.2) is 9.78 Å². The van der Waals surface area contributed by atoms with Gasteiger partial charge in [-0.15, -0.1) is 0 Å². The molecule has 1 fully saturated rings. The van der Waals surface area contributed by atoms with E-state index in [0.717, 1.165) is 5.56 Å². The number of carboxylic acids is 5. The van der Waals surface area contributed by atoms with E-state index in [1.165, 1.54) is 19.4 Å². The highest BCUT2D eigenvalue weighted by Gasteiger charge is 2.34. The fraction of sp³-hybridized carbons (Fsp3) is 0.481. The maximum atomic E-state index is 13.8. The smallest absolute Gasteiger partial charge is 0.328 e. The SMILES string of the molecule is C[C@H](NC(=O)[C@H](CC(=O)O)NC(=O)CNC(=S)Nc1ccc(CN2CCN(CC(=O)O)CCN(CC(=O)O)CCN(CC(=O)O)CC2)cc1)C(=O)N[C@@H](Cc1c[nH]cn1)C(=O)N[C@@H](CO)C(=O)N[C@@H](Cc1ccccc1)C(=O)N[C@@H](CO)C(=O)O. The lowest BCUT2D eigenvalue weighted by Gasteiger charge is -2.33. The number of carbonyl (C=O) groups excluding carboxylic acids is 6.